The Labute approximate surface area is 146 Å². The van der Waals surface area contributed by atoms with Crippen LogP contribution >= 0.6 is 0 Å². The van der Waals surface area contributed by atoms with E-state index in [4.69, 9.17) is 0 Å². The summed E-state index contributed by atoms with van der Waals surface area (Å²) in [6.45, 7) is 9.46. The molecule has 0 saturated carbocycles. The molecule has 1 fully saturated rings. The van der Waals surface area contributed by atoms with Crippen molar-refractivity contribution in [2.45, 2.75) is 6.92 Å². The van der Waals surface area contributed by atoms with Crippen molar-refractivity contribution in [3.8, 4) is 16.9 Å². The summed E-state index contributed by atoms with van der Waals surface area (Å²) in [5.74, 6) is 0.989. The van der Waals surface area contributed by atoms with E-state index in [9.17, 15) is 5.11 Å². The molecule has 0 aliphatic carbocycles. The molecule has 1 aromatic heterocycles. The minimum atomic E-state index is 0.132. The Morgan fingerprint density at radius 1 is 1.28 bits per heavy atom. The molecule has 0 bridgehead atoms. The molecular formula is C18H22N6O. The number of nitrogens with zero attached hydrogens (tertiary/aromatic N) is 4. The second-order valence-corrected chi connectivity index (χ2v) is 5.79. The number of amidine groups is 1. The van der Waals surface area contributed by atoms with E-state index in [2.05, 4.69) is 37.2 Å². The highest BCUT2D eigenvalue weighted by molar-refractivity contribution is 6.10. The number of hydrogen-bond acceptors (Lipinski definition) is 5. The van der Waals surface area contributed by atoms with Crippen LogP contribution in [0.2, 0.25) is 0 Å². The summed E-state index contributed by atoms with van der Waals surface area (Å²) < 4.78 is 0. The third-order valence-electron chi connectivity index (χ3n) is 4.18. The maximum Gasteiger partial charge on any atom is 0.125 e. The Hall–Kier alpha value is -2.93. The molecule has 0 radical (unpaired) electrons. The predicted molar refractivity (Wildman–Crippen MR) is 100.0 cm³/mol. The van der Waals surface area contributed by atoms with E-state index in [0.29, 0.717) is 11.3 Å². The van der Waals surface area contributed by atoms with Gasteiger partial charge >= 0.3 is 0 Å². The van der Waals surface area contributed by atoms with Crippen molar-refractivity contribution < 1.29 is 5.11 Å². The van der Waals surface area contributed by atoms with Crippen LogP contribution in [-0.4, -0.2) is 57.9 Å². The molecule has 3 N–H and O–H groups in total. The average Bonchev–Trinajstić information content (AvgIpc) is 3.18. The van der Waals surface area contributed by atoms with Gasteiger partial charge in [-0.3, -0.25) is 5.10 Å². The minimum absolute atomic E-state index is 0.132. The lowest BCUT2D eigenvalue weighted by atomic mass is 10.0. The van der Waals surface area contributed by atoms with Crippen molar-refractivity contribution in [1.82, 2.24) is 20.4 Å². The van der Waals surface area contributed by atoms with Crippen LogP contribution in [0.25, 0.3) is 11.1 Å². The number of hydrogen-bond donors (Lipinski definition) is 3. The number of rotatable bonds is 4. The number of H-pyrrole nitrogens is 1. The van der Waals surface area contributed by atoms with Crippen molar-refractivity contribution in [2.75, 3.05) is 26.2 Å². The van der Waals surface area contributed by atoms with Crippen molar-refractivity contribution in [2.24, 2.45) is 10.2 Å². The molecule has 0 unspecified atom stereocenters. The molecule has 0 atom stereocenters. The normalized spacial score (nSPS) is 16.1. The Bertz CT molecular complexity index is 788. The summed E-state index contributed by atoms with van der Waals surface area (Å²) in [6.07, 6.45) is 5.08. The lowest BCUT2D eigenvalue weighted by molar-refractivity contribution is 0.355. The van der Waals surface area contributed by atoms with Crippen molar-refractivity contribution >= 4 is 11.5 Å². The molecule has 0 amide bonds. The zero-order chi connectivity index (χ0) is 17.6. The summed E-state index contributed by atoms with van der Waals surface area (Å²) in [7, 11) is 0. The van der Waals surface area contributed by atoms with Gasteiger partial charge in [-0.1, -0.05) is 12.6 Å². The Morgan fingerprint density at radius 2 is 2.08 bits per heavy atom. The molecule has 1 aromatic carbocycles. The van der Waals surface area contributed by atoms with Crippen LogP contribution in [0.3, 0.4) is 0 Å². The molecule has 2 aromatic rings. The van der Waals surface area contributed by atoms with E-state index in [1.165, 1.54) is 0 Å². The number of aromatic hydroxyl groups is 1. The molecule has 130 valence electrons. The fraction of sp³-hybridized carbons (Fsp3) is 0.278. The number of allylic oxidation sites excluding steroid dienone is 1. The highest BCUT2D eigenvalue weighted by atomic mass is 16.3. The summed E-state index contributed by atoms with van der Waals surface area (Å²) in [5.41, 5.74) is 2.91. The van der Waals surface area contributed by atoms with Crippen molar-refractivity contribution in [3.05, 3.63) is 48.8 Å². The second kappa shape index (κ2) is 7.76. The number of phenolic OH excluding ortho intramolecular Hbond substituents is 1. The van der Waals surface area contributed by atoms with Gasteiger partial charge in [0.25, 0.3) is 0 Å². The van der Waals surface area contributed by atoms with E-state index >= 15 is 0 Å². The molecule has 7 nitrogen and oxygen atoms in total. The van der Waals surface area contributed by atoms with E-state index in [-0.39, 0.29) is 5.75 Å². The first-order valence-corrected chi connectivity index (χ1v) is 8.22. The van der Waals surface area contributed by atoms with Crippen LogP contribution in [0, 0.1) is 0 Å². The molecule has 7 heteroatoms. The zero-order valence-electron chi connectivity index (χ0n) is 14.2. The lowest BCUT2D eigenvalue weighted by Crippen LogP contribution is -2.45. The highest BCUT2D eigenvalue weighted by Crippen LogP contribution is 2.26. The Balaban J connectivity index is 1.83. The Morgan fingerprint density at radius 3 is 2.72 bits per heavy atom. The van der Waals surface area contributed by atoms with E-state index in [1.807, 2.05) is 19.1 Å². The highest BCUT2D eigenvalue weighted by Gasteiger charge is 2.12. The smallest absolute Gasteiger partial charge is 0.125 e. The van der Waals surface area contributed by atoms with Gasteiger partial charge in [0, 0.05) is 43.5 Å². The summed E-state index contributed by atoms with van der Waals surface area (Å²) in [6, 6.07) is 5.41. The number of benzene rings is 1. The molecule has 0 spiro atoms. The summed E-state index contributed by atoms with van der Waals surface area (Å²) in [5, 5.41) is 29.0. The standard InChI is InChI=1S/C18H22N6O/c1-3-17(23-22-13(2)24-8-6-19-7-9-24)16-5-4-14(10-18(16)25)15-11-20-21-12-15/h3-5,10-12,19,25H,1,6-9H2,2H3,(H,20,21)/b22-13+,23-17+. The lowest BCUT2D eigenvalue weighted by Gasteiger charge is -2.28. The van der Waals surface area contributed by atoms with E-state index in [1.54, 1.807) is 24.5 Å². The summed E-state index contributed by atoms with van der Waals surface area (Å²) >= 11 is 0. The zero-order valence-corrected chi connectivity index (χ0v) is 14.2. The number of nitrogens with one attached hydrogen (secondary N) is 2. The van der Waals surface area contributed by atoms with Crippen molar-refractivity contribution in [1.29, 1.82) is 0 Å². The number of phenols is 1. The largest absolute Gasteiger partial charge is 0.507 e. The SMILES string of the molecule is C=C/C(=N\N=C(/C)N1CCNCC1)c1ccc(-c2cn[nH]c2)cc1O. The van der Waals surface area contributed by atoms with Gasteiger partial charge in [0.15, 0.2) is 0 Å². The molecule has 2 heterocycles. The summed E-state index contributed by atoms with van der Waals surface area (Å²) in [4.78, 5) is 2.18. The maximum absolute atomic E-state index is 10.4. The molecule has 1 aliphatic rings. The van der Waals surface area contributed by atoms with Gasteiger partial charge in [-0.2, -0.15) is 5.10 Å². The molecule has 1 saturated heterocycles. The maximum atomic E-state index is 10.4. The molecule has 1 aliphatic heterocycles. The van der Waals surface area contributed by atoms with Gasteiger partial charge < -0.3 is 15.3 Å². The topological polar surface area (TPSA) is 88.9 Å². The van der Waals surface area contributed by atoms with Crippen LogP contribution in [0.15, 0.2) is 53.5 Å². The molecule has 3 rings (SSSR count). The third kappa shape index (κ3) is 3.95. The fourth-order valence-corrected chi connectivity index (χ4v) is 2.72. The van der Waals surface area contributed by atoms with E-state index < -0.39 is 0 Å². The molecule has 25 heavy (non-hydrogen) atoms. The van der Waals surface area contributed by atoms with Crippen LogP contribution in [-0.2, 0) is 0 Å². The third-order valence-corrected chi connectivity index (χ3v) is 4.18. The van der Waals surface area contributed by atoms with Gasteiger partial charge in [0.1, 0.15) is 11.6 Å². The van der Waals surface area contributed by atoms with Crippen LogP contribution in [0.4, 0.5) is 0 Å². The van der Waals surface area contributed by atoms with Crippen LogP contribution in [0.1, 0.15) is 12.5 Å². The first-order valence-electron chi connectivity index (χ1n) is 8.22. The number of aromatic nitrogens is 2. The van der Waals surface area contributed by atoms with Crippen molar-refractivity contribution in [3.63, 3.8) is 0 Å². The van der Waals surface area contributed by atoms with Gasteiger partial charge in [-0.25, -0.2) is 0 Å². The quantitative estimate of drug-likeness (QED) is 0.452. The van der Waals surface area contributed by atoms with Crippen LogP contribution < -0.4 is 5.32 Å². The Kier molecular flexibility index (Phi) is 5.25. The van der Waals surface area contributed by atoms with E-state index in [0.717, 1.165) is 43.1 Å². The van der Waals surface area contributed by atoms with Gasteiger partial charge in [-0.15, -0.1) is 10.2 Å². The second-order valence-electron chi connectivity index (χ2n) is 5.79. The van der Waals surface area contributed by atoms with Gasteiger partial charge in [0.05, 0.1) is 11.9 Å². The molecular weight excluding hydrogens is 316 g/mol. The number of piperazine rings is 1. The van der Waals surface area contributed by atoms with Gasteiger partial charge in [-0.05, 0) is 30.7 Å². The van der Waals surface area contributed by atoms with Crippen LogP contribution in [0.5, 0.6) is 5.75 Å². The predicted octanol–water partition coefficient (Wildman–Crippen LogP) is 2.00. The first kappa shape index (κ1) is 16.9. The average molecular weight is 338 g/mol. The van der Waals surface area contributed by atoms with Gasteiger partial charge in [0.2, 0.25) is 0 Å². The monoisotopic (exact) mass is 338 g/mol. The number of aromatic amines is 1. The minimum Gasteiger partial charge on any atom is -0.507 e. The first-order chi connectivity index (χ1) is 12.2. The fourth-order valence-electron chi connectivity index (χ4n) is 2.72.